The van der Waals surface area contributed by atoms with Crippen LogP contribution in [0.5, 0.6) is 5.75 Å². The normalized spacial score (nSPS) is 15.1. The van der Waals surface area contributed by atoms with Gasteiger partial charge in [0.25, 0.3) is 0 Å². The number of anilines is 1. The number of nitrogens with zero attached hydrogens (tertiary/aromatic N) is 2. The molecule has 0 unspecified atom stereocenters. The predicted octanol–water partition coefficient (Wildman–Crippen LogP) is 6.01. The summed E-state index contributed by atoms with van der Waals surface area (Å²) >= 11 is 0. The van der Waals surface area contributed by atoms with E-state index >= 15 is 0 Å². The lowest BCUT2D eigenvalue weighted by Gasteiger charge is -2.22. The number of hydrogen-bond acceptors (Lipinski definition) is 4. The molecule has 35 heavy (non-hydrogen) atoms. The van der Waals surface area contributed by atoms with Gasteiger partial charge in [-0.05, 0) is 65.3 Å². The molecule has 6 rings (SSSR count). The molecule has 3 aromatic carbocycles. The molecule has 1 heterocycles. The van der Waals surface area contributed by atoms with Gasteiger partial charge in [-0.3, -0.25) is 4.79 Å². The SMILES string of the molecule is O=C(Cc1ccc2ccccc2c1)Nc1nc2c(nc1CC1CCCC1)-c1ccc(O)cc1CC2. The summed E-state index contributed by atoms with van der Waals surface area (Å²) in [4.78, 5) is 23.1. The van der Waals surface area contributed by atoms with Crippen molar-refractivity contribution >= 4 is 22.5 Å². The molecule has 176 valence electrons. The first-order valence-corrected chi connectivity index (χ1v) is 12.6. The number of phenolic OH excluding ortho intramolecular Hbond substituents is 1. The van der Waals surface area contributed by atoms with Gasteiger partial charge in [0.05, 0.1) is 23.5 Å². The summed E-state index contributed by atoms with van der Waals surface area (Å²) in [5.74, 6) is 1.41. The fourth-order valence-electron chi connectivity index (χ4n) is 5.61. The number of hydrogen-bond donors (Lipinski definition) is 2. The molecule has 0 aliphatic heterocycles. The van der Waals surface area contributed by atoms with Crippen molar-refractivity contribution in [2.75, 3.05) is 5.32 Å². The standard InChI is InChI=1S/C30H29N3O2/c34-24-12-13-25-23(18-24)11-14-26-29(25)31-27(16-19-5-1-2-6-19)30(32-26)33-28(35)17-20-9-10-21-7-3-4-8-22(21)15-20/h3-4,7-10,12-13,15,18-19,34H,1-2,5-6,11,14,16-17H2,(H,32,33,35). The van der Waals surface area contributed by atoms with Crippen molar-refractivity contribution in [3.63, 3.8) is 0 Å². The monoisotopic (exact) mass is 463 g/mol. The Morgan fingerprint density at radius 2 is 1.77 bits per heavy atom. The van der Waals surface area contributed by atoms with Crippen LogP contribution in [-0.2, 0) is 30.5 Å². The molecule has 5 nitrogen and oxygen atoms in total. The van der Waals surface area contributed by atoms with Crippen LogP contribution in [0.3, 0.4) is 0 Å². The van der Waals surface area contributed by atoms with Gasteiger partial charge in [0.1, 0.15) is 5.75 Å². The van der Waals surface area contributed by atoms with Gasteiger partial charge in [-0.1, -0.05) is 68.1 Å². The van der Waals surface area contributed by atoms with E-state index < -0.39 is 0 Å². The zero-order chi connectivity index (χ0) is 23.8. The third-order valence-electron chi connectivity index (χ3n) is 7.41. The molecule has 2 aliphatic rings. The third-order valence-corrected chi connectivity index (χ3v) is 7.41. The lowest BCUT2D eigenvalue weighted by molar-refractivity contribution is -0.115. The minimum absolute atomic E-state index is 0.0664. The maximum Gasteiger partial charge on any atom is 0.229 e. The van der Waals surface area contributed by atoms with E-state index in [0.717, 1.165) is 58.4 Å². The first kappa shape index (κ1) is 21.8. The molecule has 0 spiro atoms. The molecule has 4 aromatic rings. The zero-order valence-electron chi connectivity index (χ0n) is 19.8. The Balaban J connectivity index is 1.30. The summed E-state index contributed by atoms with van der Waals surface area (Å²) in [5.41, 5.74) is 5.82. The number of fused-ring (bicyclic) bond motifs is 4. The molecule has 1 saturated carbocycles. The van der Waals surface area contributed by atoms with Gasteiger partial charge in [0.15, 0.2) is 5.82 Å². The molecule has 1 fully saturated rings. The van der Waals surface area contributed by atoms with Gasteiger partial charge in [-0.25, -0.2) is 9.97 Å². The van der Waals surface area contributed by atoms with Gasteiger partial charge in [-0.15, -0.1) is 0 Å². The largest absolute Gasteiger partial charge is 0.508 e. The zero-order valence-corrected chi connectivity index (χ0v) is 19.8. The smallest absolute Gasteiger partial charge is 0.229 e. The van der Waals surface area contributed by atoms with Crippen LogP contribution in [0, 0.1) is 5.92 Å². The maximum atomic E-state index is 13.1. The van der Waals surface area contributed by atoms with Gasteiger partial charge in [0, 0.05) is 5.56 Å². The van der Waals surface area contributed by atoms with Crippen LogP contribution in [0.1, 0.15) is 48.2 Å². The second-order valence-electron chi connectivity index (χ2n) is 9.92. The molecular formula is C30H29N3O2. The Morgan fingerprint density at radius 1 is 0.943 bits per heavy atom. The lowest BCUT2D eigenvalue weighted by atomic mass is 9.91. The Labute approximate surface area is 205 Å². The van der Waals surface area contributed by atoms with E-state index in [1.807, 2.05) is 30.3 Å². The highest BCUT2D eigenvalue weighted by Gasteiger charge is 2.25. The molecule has 2 N–H and O–H groups in total. The first-order valence-electron chi connectivity index (χ1n) is 12.6. The number of aryl methyl sites for hydroxylation is 2. The van der Waals surface area contributed by atoms with E-state index in [9.17, 15) is 9.90 Å². The summed E-state index contributed by atoms with van der Waals surface area (Å²) < 4.78 is 0. The fraction of sp³-hybridized carbons (Fsp3) is 0.300. The second kappa shape index (κ2) is 9.14. The van der Waals surface area contributed by atoms with Crippen LogP contribution in [0.4, 0.5) is 5.82 Å². The lowest BCUT2D eigenvalue weighted by Crippen LogP contribution is -2.20. The Morgan fingerprint density at radius 3 is 2.63 bits per heavy atom. The van der Waals surface area contributed by atoms with Gasteiger partial charge >= 0.3 is 0 Å². The number of aromatic hydroxyl groups is 1. The Bertz CT molecular complexity index is 1420. The molecule has 0 saturated heterocycles. The van der Waals surface area contributed by atoms with E-state index in [-0.39, 0.29) is 11.7 Å². The summed E-state index contributed by atoms with van der Waals surface area (Å²) in [5, 5.41) is 15.3. The fourth-order valence-corrected chi connectivity index (χ4v) is 5.61. The van der Waals surface area contributed by atoms with Gasteiger partial charge in [-0.2, -0.15) is 0 Å². The summed E-state index contributed by atoms with van der Waals surface area (Å²) in [6.07, 6.45) is 7.60. The quantitative estimate of drug-likeness (QED) is 0.380. The van der Waals surface area contributed by atoms with Crippen molar-refractivity contribution in [2.24, 2.45) is 5.92 Å². The average molecular weight is 464 g/mol. The number of nitrogens with one attached hydrogen (secondary N) is 1. The number of aromatic nitrogens is 2. The number of carbonyl (C=O) groups excluding carboxylic acids is 1. The first-order chi connectivity index (χ1) is 17.1. The highest BCUT2D eigenvalue weighted by molar-refractivity contribution is 5.93. The Kier molecular flexibility index (Phi) is 5.69. The van der Waals surface area contributed by atoms with E-state index in [4.69, 9.17) is 9.97 Å². The summed E-state index contributed by atoms with van der Waals surface area (Å²) in [7, 11) is 0. The number of rotatable bonds is 5. The predicted molar refractivity (Wildman–Crippen MR) is 138 cm³/mol. The van der Waals surface area contributed by atoms with Crippen LogP contribution in [0.25, 0.3) is 22.0 Å². The number of benzene rings is 3. The van der Waals surface area contributed by atoms with Crippen LogP contribution in [-0.4, -0.2) is 21.0 Å². The summed E-state index contributed by atoms with van der Waals surface area (Å²) in [6.45, 7) is 0. The van der Waals surface area contributed by atoms with E-state index in [0.29, 0.717) is 18.2 Å². The van der Waals surface area contributed by atoms with Crippen molar-refractivity contribution in [2.45, 2.75) is 51.4 Å². The molecule has 1 aromatic heterocycles. The molecule has 2 aliphatic carbocycles. The number of amides is 1. The van der Waals surface area contributed by atoms with Crippen LogP contribution in [0.2, 0.25) is 0 Å². The number of carbonyl (C=O) groups is 1. The third kappa shape index (κ3) is 4.51. The number of phenols is 1. The van der Waals surface area contributed by atoms with Crippen molar-refractivity contribution in [1.82, 2.24) is 9.97 Å². The molecule has 1 amide bonds. The minimum Gasteiger partial charge on any atom is -0.508 e. The van der Waals surface area contributed by atoms with E-state index in [1.54, 1.807) is 6.07 Å². The van der Waals surface area contributed by atoms with E-state index in [2.05, 4.69) is 29.6 Å². The summed E-state index contributed by atoms with van der Waals surface area (Å²) in [6, 6.07) is 19.8. The van der Waals surface area contributed by atoms with Gasteiger partial charge < -0.3 is 10.4 Å². The molecule has 0 atom stereocenters. The molecule has 5 heteroatoms. The van der Waals surface area contributed by atoms with E-state index in [1.165, 1.54) is 31.1 Å². The van der Waals surface area contributed by atoms with Crippen molar-refractivity contribution in [1.29, 1.82) is 0 Å². The van der Waals surface area contributed by atoms with Crippen molar-refractivity contribution in [3.05, 3.63) is 83.2 Å². The molecule has 0 bridgehead atoms. The maximum absolute atomic E-state index is 13.1. The molecular weight excluding hydrogens is 434 g/mol. The van der Waals surface area contributed by atoms with Crippen molar-refractivity contribution in [3.8, 4) is 17.0 Å². The van der Waals surface area contributed by atoms with Crippen LogP contribution >= 0.6 is 0 Å². The second-order valence-corrected chi connectivity index (χ2v) is 9.92. The van der Waals surface area contributed by atoms with Crippen molar-refractivity contribution < 1.29 is 9.90 Å². The minimum atomic E-state index is -0.0664. The van der Waals surface area contributed by atoms with Crippen LogP contribution in [0.15, 0.2) is 60.7 Å². The Hall–Kier alpha value is -3.73. The van der Waals surface area contributed by atoms with Gasteiger partial charge in [0.2, 0.25) is 5.91 Å². The molecule has 0 radical (unpaired) electrons. The highest BCUT2D eigenvalue weighted by Crippen LogP contribution is 2.36. The average Bonchev–Trinajstić information content (AvgIpc) is 3.37. The topological polar surface area (TPSA) is 75.1 Å². The van der Waals surface area contributed by atoms with Crippen LogP contribution < -0.4 is 5.32 Å². The highest BCUT2D eigenvalue weighted by atomic mass is 16.3.